The summed E-state index contributed by atoms with van der Waals surface area (Å²) in [6.45, 7) is 0.822. The van der Waals surface area contributed by atoms with Gasteiger partial charge in [-0.25, -0.2) is 14.8 Å². The molecule has 246 valence electrons. The summed E-state index contributed by atoms with van der Waals surface area (Å²) in [5.74, 6) is -3.37. The molecule has 4 saturated carbocycles. The Bertz CT molecular complexity index is 1620. The zero-order valence-electron chi connectivity index (χ0n) is 24.5. The van der Waals surface area contributed by atoms with Crippen LogP contribution in [-0.2, 0) is 21.1 Å². The number of hydrogen-bond acceptors (Lipinski definition) is 8. The van der Waals surface area contributed by atoms with Crippen molar-refractivity contribution in [2.24, 2.45) is 23.7 Å². The Hall–Kier alpha value is -3.75. The van der Waals surface area contributed by atoms with Gasteiger partial charge in [0, 0.05) is 37.4 Å². The summed E-state index contributed by atoms with van der Waals surface area (Å²) in [7, 11) is 0. The highest BCUT2D eigenvalue weighted by Crippen LogP contribution is 2.57. The van der Waals surface area contributed by atoms with Gasteiger partial charge in [0.25, 0.3) is 5.91 Å². The Kier molecular flexibility index (Phi) is 6.36. The first-order chi connectivity index (χ1) is 21.8. The van der Waals surface area contributed by atoms with E-state index in [0.717, 1.165) is 19.0 Å². The number of halogens is 5. The number of carboxylic acid groups (broad SMARTS) is 1. The number of nitrogens with one attached hydrogen (secondary N) is 1. The van der Waals surface area contributed by atoms with Crippen molar-refractivity contribution in [2.75, 3.05) is 24.7 Å². The van der Waals surface area contributed by atoms with Crippen LogP contribution >= 0.6 is 0 Å². The fourth-order valence-electron chi connectivity index (χ4n) is 9.29. The molecule has 10 nitrogen and oxygen atoms in total. The van der Waals surface area contributed by atoms with E-state index in [0.29, 0.717) is 69.1 Å². The molecule has 1 aromatic heterocycles. The average Bonchev–Trinajstić information content (AvgIpc) is 3.37. The third kappa shape index (κ3) is 4.43. The number of fused-ring (bicyclic) bond motifs is 4. The van der Waals surface area contributed by atoms with Crippen LogP contribution in [0.4, 0.5) is 33.6 Å². The van der Waals surface area contributed by atoms with E-state index >= 15 is 0 Å². The number of rotatable bonds is 4. The standard InChI is InChI=1S/C31H31F5N4O6/c32-30(33,34)24-19(25(41)39-29(26(42)43)17-2-1-15-7-16(9-17)10-18(29)8-15)13-37-27(38-24)40-14-28(3-5-44-6-4-28)20-11-22-23(12-21(20)40)46-31(35,36)45-22/h11-13,15-18H,1-10,14H2,(H,39,41)(H,42,43). The van der Waals surface area contributed by atoms with Gasteiger partial charge in [0.15, 0.2) is 17.2 Å². The van der Waals surface area contributed by atoms with E-state index in [9.17, 15) is 36.6 Å². The van der Waals surface area contributed by atoms with Crippen LogP contribution < -0.4 is 19.7 Å². The van der Waals surface area contributed by atoms with Gasteiger partial charge >= 0.3 is 18.4 Å². The molecule has 9 rings (SSSR count). The number of amides is 1. The van der Waals surface area contributed by atoms with Gasteiger partial charge in [-0.15, -0.1) is 8.78 Å². The lowest BCUT2D eigenvalue weighted by atomic mass is 9.58. The topological polar surface area (TPSA) is 123 Å². The van der Waals surface area contributed by atoms with Gasteiger partial charge in [0.1, 0.15) is 5.54 Å². The fourth-order valence-corrected chi connectivity index (χ4v) is 9.29. The second-order valence-electron chi connectivity index (χ2n) is 13.7. The minimum Gasteiger partial charge on any atom is -0.479 e. The quantitative estimate of drug-likeness (QED) is 0.418. The number of carbonyl (C=O) groups excluding carboxylic acids is 1. The summed E-state index contributed by atoms with van der Waals surface area (Å²) >= 11 is 0. The molecule has 0 radical (unpaired) electrons. The Morgan fingerprint density at radius 3 is 2.39 bits per heavy atom. The molecule has 2 aromatic rings. The summed E-state index contributed by atoms with van der Waals surface area (Å²) in [5, 5.41) is 13.1. The zero-order valence-corrected chi connectivity index (χ0v) is 24.5. The van der Waals surface area contributed by atoms with Crippen LogP contribution in [-0.4, -0.2) is 58.5 Å². The summed E-state index contributed by atoms with van der Waals surface area (Å²) in [5.41, 5.74) is -3.90. The predicted molar refractivity (Wildman–Crippen MR) is 148 cm³/mol. The zero-order chi connectivity index (χ0) is 32.2. The van der Waals surface area contributed by atoms with Crippen LogP contribution in [0.15, 0.2) is 18.3 Å². The SMILES string of the molecule is O=C(NC1(C(=O)O)C2CCC3CC(C2)CC1C3)c1cnc(N2CC3(CCOCC3)c3cc4c(cc32)OC(F)(F)O4)nc1C(F)(F)F. The van der Waals surface area contributed by atoms with Crippen LogP contribution in [0.5, 0.6) is 11.5 Å². The van der Waals surface area contributed by atoms with Gasteiger partial charge in [-0.05, 0) is 80.2 Å². The highest BCUT2D eigenvalue weighted by atomic mass is 19.4. The summed E-state index contributed by atoms with van der Waals surface area (Å²) in [4.78, 5) is 36.0. The molecular weight excluding hydrogens is 619 g/mol. The van der Waals surface area contributed by atoms with Crippen molar-refractivity contribution in [3.63, 3.8) is 0 Å². The lowest BCUT2D eigenvalue weighted by molar-refractivity contribution is -0.286. The molecular formula is C31H31F5N4O6. The van der Waals surface area contributed by atoms with Crippen molar-refractivity contribution in [3.05, 3.63) is 35.2 Å². The van der Waals surface area contributed by atoms with Crippen LogP contribution in [0.3, 0.4) is 0 Å². The summed E-state index contributed by atoms with van der Waals surface area (Å²) in [6, 6.07) is 2.70. The number of alkyl halides is 5. The number of aliphatic carboxylic acids is 1. The van der Waals surface area contributed by atoms with Crippen molar-refractivity contribution < 1.29 is 50.9 Å². The highest BCUT2D eigenvalue weighted by molar-refractivity contribution is 5.99. The predicted octanol–water partition coefficient (Wildman–Crippen LogP) is 5.42. The monoisotopic (exact) mass is 650 g/mol. The third-order valence-corrected chi connectivity index (χ3v) is 11.2. The van der Waals surface area contributed by atoms with E-state index in [2.05, 4.69) is 24.8 Å². The number of nitrogens with zero attached hydrogens (tertiary/aromatic N) is 3. The minimum absolute atomic E-state index is 0.127. The Labute approximate surface area is 259 Å². The summed E-state index contributed by atoms with van der Waals surface area (Å²) in [6.07, 6.45) is -3.07. The highest BCUT2D eigenvalue weighted by Gasteiger charge is 2.60. The van der Waals surface area contributed by atoms with E-state index in [4.69, 9.17) is 4.74 Å². The molecule has 15 heteroatoms. The van der Waals surface area contributed by atoms with Crippen molar-refractivity contribution in [1.82, 2.24) is 15.3 Å². The largest absolute Gasteiger partial charge is 0.586 e. The van der Waals surface area contributed by atoms with Gasteiger partial charge in [-0.2, -0.15) is 13.2 Å². The number of anilines is 2. The third-order valence-electron chi connectivity index (χ3n) is 11.2. The Morgan fingerprint density at radius 2 is 1.67 bits per heavy atom. The Balaban J connectivity index is 1.17. The average molecular weight is 651 g/mol. The minimum atomic E-state index is -5.10. The van der Waals surface area contributed by atoms with E-state index in [1.807, 2.05) is 0 Å². The molecule has 5 unspecified atom stereocenters. The molecule has 1 aromatic carbocycles. The van der Waals surface area contributed by atoms with Gasteiger partial charge in [0.2, 0.25) is 5.95 Å². The molecule has 4 bridgehead atoms. The second-order valence-corrected chi connectivity index (χ2v) is 13.7. The molecule has 7 aliphatic rings. The number of ether oxygens (including phenoxy) is 3. The lowest BCUT2D eigenvalue weighted by Gasteiger charge is -2.50. The maximum absolute atomic E-state index is 14.6. The van der Waals surface area contributed by atoms with Crippen LogP contribution in [0, 0.1) is 23.7 Å². The maximum Gasteiger partial charge on any atom is 0.586 e. The van der Waals surface area contributed by atoms with Crippen molar-refractivity contribution >= 4 is 23.5 Å². The van der Waals surface area contributed by atoms with E-state index in [1.54, 1.807) is 0 Å². The first-order valence-electron chi connectivity index (χ1n) is 15.6. The molecule has 5 fully saturated rings. The molecule has 1 amide bonds. The number of aromatic nitrogens is 2. The van der Waals surface area contributed by atoms with E-state index in [-0.39, 0.29) is 29.6 Å². The fraction of sp³-hybridized carbons (Fsp3) is 0.613. The van der Waals surface area contributed by atoms with Crippen LogP contribution in [0.2, 0.25) is 0 Å². The van der Waals surface area contributed by atoms with Crippen molar-refractivity contribution in [2.45, 2.75) is 74.8 Å². The van der Waals surface area contributed by atoms with Gasteiger partial charge in [0.05, 0.1) is 11.3 Å². The molecule has 4 aliphatic carbocycles. The number of carboxylic acids is 1. The van der Waals surface area contributed by atoms with Crippen LogP contribution in [0.25, 0.3) is 0 Å². The number of carbonyl (C=O) groups is 2. The molecule has 4 heterocycles. The number of hydrogen-bond donors (Lipinski definition) is 2. The second kappa shape index (κ2) is 9.88. The van der Waals surface area contributed by atoms with E-state index < -0.39 is 58.4 Å². The normalized spacial score (nSPS) is 31.5. The van der Waals surface area contributed by atoms with Gasteiger partial charge in [-0.1, -0.05) is 6.42 Å². The van der Waals surface area contributed by atoms with E-state index in [1.165, 1.54) is 17.0 Å². The Morgan fingerprint density at radius 1 is 0.978 bits per heavy atom. The first-order valence-corrected chi connectivity index (χ1v) is 15.6. The summed E-state index contributed by atoms with van der Waals surface area (Å²) < 4.78 is 86.6. The van der Waals surface area contributed by atoms with Crippen molar-refractivity contribution in [3.8, 4) is 11.5 Å². The lowest BCUT2D eigenvalue weighted by Crippen LogP contribution is -2.66. The molecule has 5 atom stereocenters. The van der Waals surface area contributed by atoms with Crippen LogP contribution in [0.1, 0.15) is 73.0 Å². The first kappa shape index (κ1) is 29.6. The van der Waals surface area contributed by atoms with Gasteiger partial charge in [-0.3, -0.25) is 4.79 Å². The van der Waals surface area contributed by atoms with Gasteiger partial charge < -0.3 is 29.5 Å². The molecule has 3 aliphatic heterocycles. The smallest absolute Gasteiger partial charge is 0.479 e. The molecule has 2 N–H and O–H groups in total. The molecule has 1 spiro atoms. The molecule has 1 saturated heterocycles. The maximum atomic E-state index is 14.6. The molecule has 46 heavy (non-hydrogen) atoms. The number of benzene rings is 1. The van der Waals surface area contributed by atoms with Crippen molar-refractivity contribution in [1.29, 1.82) is 0 Å².